The molecule has 2 rings (SSSR count). The van der Waals surface area contributed by atoms with E-state index in [9.17, 15) is 13.2 Å². The number of aryl methyl sites for hydroxylation is 1. The quantitative estimate of drug-likeness (QED) is 0.831. The van der Waals surface area contributed by atoms with E-state index in [2.05, 4.69) is 14.4 Å². The highest BCUT2D eigenvalue weighted by Gasteiger charge is 2.17. The Hall–Kier alpha value is -1.87. The van der Waals surface area contributed by atoms with Gasteiger partial charge in [0.1, 0.15) is 4.90 Å². The summed E-state index contributed by atoms with van der Waals surface area (Å²) < 4.78 is 32.6. The third kappa shape index (κ3) is 3.36. The summed E-state index contributed by atoms with van der Waals surface area (Å²) in [7, 11) is -0.634. The number of ether oxygens (including phenoxy) is 1. The second-order valence-corrected chi connectivity index (χ2v) is 6.56. The summed E-state index contributed by atoms with van der Waals surface area (Å²) in [6.07, 6.45) is 3.14. The molecule has 0 radical (unpaired) electrons. The van der Waals surface area contributed by atoms with E-state index in [1.807, 2.05) is 0 Å². The molecular formula is C11H13N3O4S2. The van der Waals surface area contributed by atoms with Crippen molar-refractivity contribution in [2.24, 2.45) is 7.05 Å². The van der Waals surface area contributed by atoms with Crippen LogP contribution in [0.15, 0.2) is 28.7 Å². The second-order valence-electron chi connectivity index (χ2n) is 4.02. The molecule has 108 valence electrons. The van der Waals surface area contributed by atoms with Crippen molar-refractivity contribution < 1.29 is 17.9 Å². The first-order chi connectivity index (χ1) is 9.40. The molecule has 0 spiro atoms. The second kappa shape index (κ2) is 5.63. The Morgan fingerprint density at radius 2 is 2.30 bits per heavy atom. The zero-order valence-corrected chi connectivity index (χ0v) is 12.5. The van der Waals surface area contributed by atoms with Gasteiger partial charge in [0.15, 0.2) is 5.13 Å². The molecule has 9 heteroatoms. The van der Waals surface area contributed by atoms with Gasteiger partial charge in [0.25, 0.3) is 10.0 Å². The number of hydrogen-bond acceptors (Lipinski definition) is 6. The molecule has 0 saturated carbocycles. The zero-order valence-electron chi connectivity index (χ0n) is 10.9. The van der Waals surface area contributed by atoms with Crippen molar-refractivity contribution in [3.63, 3.8) is 0 Å². The predicted octanol–water partition coefficient (Wildman–Crippen LogP) is 0.998. The normalized spacial score (nSPS) is 11.3. The highest BCUT2D eigenvalue weighted by Crippen LogP contribution is 2.20. The number of sulfonamides is 1. The molecule has 0 aliphatic rings. The minimum absolute atomic E-state index is 0.0140. The molecule has 0 bridgehead atoms. The summed E-state index contributed by atoms with van der Waals surface area (Å²) in [5.41, 5.74) is 0.465. The Balaban J connectivity index is 2.12. The van der Waals surface area contributed by atoms with Crippen molar-refractivity contribution in [2.45, 2.75) is 11.3 Å². The van der Waals surface area contributed by atoms with Crippen molar-refractivity contribution in [1.29, 1.82) is 0 Å². The molecule has 0 unspecified atom stereocenters. The van der Waals surface area contributed by atoms with Crippen LogP contribution in [0.25, 0.3) is 0 Å². The number of aromatic nitrogens is 2. The maximum Gasteiger partial charge on any atom is 0.311 e. The molecule has 20 heavy (non-hydrogen) atoms. The van der Waals surface area contributed by atoms with Crippen molar-refractivity contribution >= 4 is 32.5 Å². The molecule has 1 N–H and O–H groups in total. The maximum atomic E-state index is 12.1. The Morgan fingerprint density at radius 1 is 1.55 bits per heavy atom. The van der Waals surface area contributed by atoms with Crippen LogP contribution < -0.4 is 4.72 Å². The number of nitrogens with one attached hydrogen (secondary N) is 1. The predicted molar refractivity (Wildman–Crippen MR) is 74.1 cm³/mol. The fourth-order valence-electron chi connectivity index (χ4n) is 1.47. The third-order valence-electron chi connectivity index (χ3n) is 2.44. The van der Waals surface area contributed by atoms with Gasteiger partial charge in [-0.1, -0.05) is 0 Å². The lowest BCUT2D eigenvalue weighted by molar-refractivity contribution is -0.139. The van der Waals surface area contributed by atoms with Gasteiger partial charge < -0.3 is 9.30 Å². The van der Waals surface area contributed by atoms with Gasteiger partial charge in [-0.15, -0.1) is 11.3 Å². The summed E-state index contributed by atoms with van der Waals surface area (Å²) in [6, 6.07) is 1.49. The van der Waals surface area contributed by atoms with Crippen LogP contribution in [-0.4, -0.2) is 31.0 Å². The molecule has 0 fully saturated rings. The van der Waals surface area contributed by atoms with Crippen molar-refractivity contribution in [2.75, 3.05) is 11.8 Å². The number of carbonyl (C=O) groups excluding carboxylic acids is 1. The van der Waals surface area contributed by atoms with E-state index >= 15 is 0 Å². The van der Waals surface area contributed by atoms with E-state index in [1.165, 1.54) is 19.4 Å². The average molecular weight is 315 g/mol. The smallest absolute Gasteiger partial charge is 0.311 e. The molecule has 7 nitrogen and oxygen atoms in total. The van der Waals surface area contributed by atoms with Gasteiger partial charge in [-0.05, 0) is 6.07 Å². The van der Waals surface area contributed by atoms with E-state index in [-0.39, 0.29) is 16.4 Å². The summed E-state index contributed by atoms with van der Waals surface area (Å²) in [6.45, 7) is 0. The molecule has 2 heterocycles. The Labute approximate surface area is 120 Å². The number of thiazole rings is 1. The highest BCUT2D eigenvalue weighted by atomic mass is 32.2. The first-order valence-corrected chi connectivity index (χ1v) is 7.93. The average Bonchev–Trinajstić information content (AvgIpc) is 2.98. The summed E-state index contributed by atoms with van der Waals surface area (Å²) in [4.78, 5) is 15.3. The van der Waals surface area contributed by atoms with E-state index < -0.39 is 16.0 Å². The van der Waals surface area contributed by atoms with E-state index in [0.717, 1.165) is 11.3 Å². The van der Waals surface area contributed by atoms with Crippen LogP contribution in [0.4, 0.5) is 5.13 Å². The lowest BCUT2D eigenvalue weighted by atomic mass is 10.3. The molecule has 0 aliphatic carbocycles. The molecule has 2 aromatic rings. The SMILES string of the molecule is COC(=O)Cc1csc(NS(=O)(=O)c2ccn(C)c2)n1. The van der Waals surface area contributed by atoms with Crippen LogP contribution in [0, 0.1) is 0 Å². The molecule has 0 atom stereocenters. The summed E-state index contributed by atoms with van der Waals surface area (Å²) in [5.74, 6) is -0.423. The Bertz CT molecular complexity index is 718. The number of anilines is 1. The minimum Gasteiger partial charge on any atom is -0.469 e. The van der Waals surface area contributed by atoms with Crippen LogP contribution in [0.1, 0.15) is 5.69 Å². The van der Waals surface area contributed by atoms with E-state index in [4.69, 9.17) is 0 Å². The first-order valence-electron chi connectivity index (χ1n) is 5.57. The summed E-state index contributed by atoms with van der Waals surface area (Å²) in [5, 5.41) is 1.83. The van der Waals surface area contributed by atoms with Gasteiger partial charge in [0, 0.05) is 24.8 Å². The van der Waals surface area contributed by atoms with Crippen LogP contribution >= 0.6 is 11.3 Å². The number of esters is 1. The maximum absolute atomic E-state index is 12.1. The molecule has 0 aliphatic heterocycles. The topological polar surface area (TPSA) is 90.3 Å². The number of methoxy groups -OCH3 is 1. The van der Waals surface area contributed by atoms with Crippen molar-refractivity contribution in [1.82, 2.24) is 9.55 Å². The third-order valence-corrected chi connectivity index (χ3v) is 4.70. The van der Waals surface area contributed by atoms with E-state index in [1.54, 1.807) is 23.2 Å². The number of nitrogens with zero attached hydrogens (tertiary/aromatic N) is 2. The van der Waals surface area contributed by atoms with Gasteiger partial charge in [-0.25, -0.2) is 13.4 Å². The minimum atomic E-state index is -3.65. The standard InChI is InChI=1S/C11H13N3O4S2/c1-14-4-3-9(6-14)20(16,17)13-11-12-8(7-19-11)5-10(15)18-2/h3-4,6-7H,5H2,1-2H3,(H,12,13). The van der Waals surface area contributed by atoms with Crippen molar-refractivity contribution in [3.05, 3.63) is 29.5 Å². The lowest BCUT2D eigenvalue weighted by Crippen LogP contribution is -2.12. The van der Waals surface area contributed by atoms with E-state index in [0.29, 0.717) is 5.69 Å². The Kier molecular flexibility index (Phi) is 4.09. The number of hydrogen-bond donors (Lipinski definition) is 1. The van der Waals surface area contributed by atoms with Gasteiger partial charge >= 0.3 is 5.97 Å². The van der Waals surface area contributed by atoms with Crippen LogP contribution in [0.2, 0.25) is 0 Å². The van der Waals surface area contributed by atoms with Crippen LogP contribution in [-0.2, 0) is 33.0 Å². The van der Waals surface area contributed by atoms with Gasteiger partial charge in [0.2, 0.25) is 0 Å². The molecule has 0 amide bonds. The first kappa shape index (κ1) is 14.5. The van der Waals surface area contributed by atoms with Gasteiger partial charge in [-0.3, -0.25) is 9.52 Å². The van der Waals surface area contributed by atoms with Gasteiger partial charge in [0.05, 0.1) is 19.2 Å². The molecule has 0 saturated heterocycles. The largest absolute Gasteiger partial charge is 0.469 e. The van der Waals surface area contributed by atoms with Crippen LogP contribution in [0.3, 0.4) is 0 Å². The number of carbonyl (C=O) groups is 1. The van der Waals surface area contributed by atoms with Crippen molar-refractivity contribution in [3.8, 4) is 0 Å². The lowest BCUT2D eigenvalue weighted by Gasteiger charge is -2.02. The molecule has 2 aromatic heterocycles. The van der Waals surface area contributed by atoms with Gasteiger partial charge in [-0.2, -0.15) is 0 Å². The fourth-order valence-corrected chi connectivity index (χ4v) is 3.48. The Morgan fingerprint density at radius 3 is 2.90 bits per heavy atom. The zero-order chi connectivity index (χ0) is 14.8. The molecular weight excluding hydrogens is 302 g/mol. The fraction of sp³-hybridized carbons (Fsp3) is 0.273. The highest BCUT2D eigenvalue weighted by molar-refractivity contribution is 7.93. The molecule has 0 aromatic carbocycles. The summed E-state index contributed by atoms with van der Waals surface area (Å²) >= 11 is 1.11. The monoisotopic (exact) mass is 315 g/mol. The number of rotatable bonds is 5. The van der Waals surface area contributed by atoms with Crippen LogP contribution in [0.5, 0.6) is 0 Å².